The summed E-state index contributed by atoms with van der Waals surface area (Å²) in [5.41, 5.74) is 5.78. The van der Waals surface area contributed by atoms with Crippen LogP contribution in [0.1, 0.15) is 12.8 Å². The summed E-state index contributed by atoms with van der Waals surface area (Å²) in [5, 5.41) is 0. The fourth-order valence-corrected chi connectivity index (χ4v) is 1.50. The number of rotatable bonds is 1. The van der Waals surface area contributed by atoms with Gasteiger partial charge in [-0.3, -0.25) is 9.69 Å². The van der Waals surface area contributed by atoms with Gasteiger partial charge in [0.2, 0.25) is 0 Å². The lowest BCUT2D eigenvalue weighted by Crippen LogP contribution is -2.47. The van der Waals surface area contributed by atoms with Gasteiger partial charge in [0.15, 0.2) is 0 Å². The lowest BCUT2D eigenvalue weighted by atomic mass is 9.95. The van der Waals surface area contributed by atoms with E-state index in [9.17, 15) is 4.79 Å². The highest BCUT2D eigenvalue weighted by Crippen LogP contribution is 2.19. The predicted molar refractivity (Wildman–Crippen MR) is 45.3 cm³/mol. The van der Waals surface area contributed by atoms with Crippen molar-refractivity contribution in [3.8, 4) is 0 Å². The molecule has 2 N–H and O–H groups in total. The third kappa shape index (κ3) is 1.95. The lowest BCUT2D eigenvalue weighted by Gasteiger charge is -2.33. The van der Waals surface area contributed by atoms with Crippen molar-refractivity contribution in [2.75, 3.05) is 20.7 Å². The number of hydrogen-bond donors (Lipinski definition) is 1. The van der Waals surface area contributed by atoms with E-state index in [0.29, 0.717) is 6.42 Å². The minimum Gasteiger partial charge on any atom is -0.469 e. The van der Waals surface area contributed by atoms with E-state index >= 15 is 0 Å². The van der Waals surface area contributed by atoms with Crippen molar-refractivity contribution in [2.45, 2.75) is 19.0 Å². The van der Waals surface area contributed by atoms with Crippen LogP contribution in [0, 0.1) is 5.92 Å². The second-order valence-electron chi connectivity index (χ2n) is 3.29. The van der Waals surface area contributed by atoms with Crippen molar-refractivity contribution in [1.82, 2.24) is 4.90 Å². The third-order valence-electron chi connectivity index (χ3n) is 2.46. The topological polar surface area (TPSA) is 55.6 Å². The first-order chi connectivity index (χ1) is 5.65. The number of methoxy groups -OCH3 is 1. The molecule has 0 aromatic rings. The van der Waals surface area contributed by atoms with E-state index in [2.05, 4.69) is 9.64 Å². The van der Waals surface area contributed by atoms with Gasteiger partial charge in [0.05, 0.1) is 19.2 Å². The highest BCUT2D eigenvalue weighted by atomic mass is 16.5. The molecule has 2 atom stereocenters. The summed E-state index contributed by atoms with van der Waals surface area (Å²) in [6.45, 7) is 0.876. The van der Waals surface area contributed by atoms with Gasteiger partial charge in [-0.15, -0.1) is 0 Å². The number of ether oxygens (including phenoxy) is 1. The number of piperidine rings is 1. The molecule has 0 bridgehead atoms. The van der Waals surface area contributed by atoms with Crippen LogP contribution in [0.3, 0.4) is 0 Å². The molecule has 4 heteroatoms. The summed E-state index contributed by atoms with van der Waals surface area (Å²) in [6.07, 6.45) is 1.57. The van der Waals surface area contributed by atoms with E-state index < -0.39 is 0 Å². The van der Waals surface area contributed by atoms with E-state index in [1.54, 1.807) is 0 Å². The van der Waals surface area contributed by atoms with E-state index in [4.69, 9.17) is 5.73 Å². The van der Waals surface area contributed by atoms with Gasteiger partial charge in [0.25, 0.3) is 0 Å². The van der Waals surface area contributed by atoms with E-state index in [-0.39, 0.29) is 18.1 Å². The zero-order chi connectivity index (χ0) is 9.14. The Morgan fingerprint density at radius 1 is 1.67 bits per heavy atom. The molecule has 0 aliphatic carbocycles. The van der Waals surface area contributed by atoms with Gasteiger partial charge < -0.3 is 10.5 Å². The van der Waals surface area contributed by atoms with Crippen LogP contribution in [0.4, 0.5) is 0 Å². The molecule has 1 aliphatic heterocycles. The second kappa shape index (κ2) is 3.87. The Morgan fingerprint density at radius 3 is 2.83 bits per heavy atom. The number of carbonyl (C=O) groups is 1. The van der Waals surface area contributed by atoms with Crippen LogP contribution in [-0.4, -0.2) is 37.7 Å². The van der Waals surface area contributed by atoms with Gasteiger partial charge in [-0.25, -0.2) is 0 Å². The molecule has 4 nitrogen and oxygen atoms in total. The predicted octanol–water partition coefficient (Wildman–Crippen LogP) is -0.214. The Morgan fingerprint density at radius 2 is 2.33 bits per heavy atom. The molecule has 12 heavy (non-hydrogen) atoms. The maximum atomic E-state index is 11.1. The maximum Gasteiger partial charge on any atom is 0.308 e. The van der Waals surface area contributed by atoms with Crippen molar-refractivity contribution < 1.29 is 9.53 Å². The summed E-state index contributed by atoms with van der Waals surface area (Å²) in [6, 6.07) is 0. The number of nitrogens with zero attached hydrogens (tertiary/aromatic N) is 1. The molecule has 1 saturated heterocycles. The van der Waals surface area contributed by atoms with Gasteiger partial charge >= 0.3 is 5.97 Å². The smallest absolute Gasteiger partial charge is 0.308 e. The van der Waals surface area contributed by atoms with Gasteiger partial charge in [-0.2, -0.15) is 0 Å². The van der Waals surface area contributed by atoms with E-state index in [1.165, 1.54) is 7.11 Å². The van der Waals surface area contributed by atoms with Crippen LogP contribution in [0.25, 0.3) is 0 Å². The average molecular weight is 172 g/mol. The molecule has 0 radical (unpaired) electrons. The summed E-state index contributed by atoms with van der Waals surface area (Å²) in [4.78, 5) is 13.2. The molecule has 1 fully saturated rings. The molecule has 0 spiro atoms. The molecule has 2 unspecified atom stereocenters. The van der Waals surface area contributed by atoms with Crippen molar-refractivity contribution in [3.63, 3.8) is 0 Å². The Kier molecular flexibility index (Phi) is 3.05. The van der Waals surface area contributed by atoms with E-state index in [0.717, 1.165) is 13.0 Å². The summed E-state index contributed by atoms with van der Waals surface area (Å²) in [5.74, 6) is -0.125. The van der Waals surface area contributed by atoms with Crippen molar-refractivity contribution in [3.05, 3.63) is 0 Å². The number of likely N-dealkylation sites (tertiary alicyclic amines) is 1. The molecule has 0 aromatic carbocycles. The van der Waals surface area contributed by atoms with Crippen LogP contribution >= 0.6 is 0 Å². The monoisotopic (exact) mass is 172 g/mol. The molecule has 0 aromatic heterocycles. The number of esters is 1. The Balaban J connectivity index is 2.45. The number of carbonyl (C=O) groups excluding carboxylic acids is 1. The summed E-state index contributed by atoms with van der Waals surface area (Å²) >= 11 is 0. The Bertz CT molecular complexity index is 172. The van der Waals surface area contributed by atoms with Gasteiger partial charge in [-0.05, 0) is 19.9 Å². The molecule has 1 heterocycles. The van der Waals surface area contributed by atoms with Crippen molar-refractivity contribution >= 4 is 5.97 Å². The quantitative estimate of drug-likeness (QED) is 0.556. The average Bonchev–Trinajstić information content (AvgIpc) is 2.08. The van der Waals surface area contributed by atoms with Crippen LogP contribution in [0.5, 0.6) is 0 Å². The molecular formula is C8H16N2O2. The normalized spacial score (nSPS) is 31.6. The molecule has 1 aliphatic rings. The molecule has 70 valence electrons. The fraction of sp³-hybridized carbons (Fsp3) is 0.875. The van der Waals surface area contributed by atoms with Crippen LogP contribution in [-0.2, 0) is 9.53 Å². The second-order valence-corrected chi connectivity index (χ2v) is 3.29. The lowest BCUT2D eigenvalue weighted by molar-refractivity contribution is -0.147. The highest BCUT2D eigenvalue weighted by molar-refractivity contribution is 5.72. The zero-order valence-electron chi connectivity index (χ0n) is 7.62. The molecule has 1 rings (SSSR count). The van der Waals surface area contributed by atoms with E-state index in [1.807, 2.05) is 7.05 Å². The Labute approximate surface area is 72.7 Å². The van der Waals surface area contributed by atoms with Crippen LogP contribution < -0.4 is 5.73 Å². The standard InChI is InChI=1S/C8H16N2O2/c1-10-4-3-6(5-7(10)9)8(11)12-2/h6-7H,3-5,9H2,1-2H3. The minimum absolute atomic E-state index is 0.00111. The van der Waals surface area contributed by atoms with Crippen LogP contribution in [0.15, 0.2) is 0 Å². The first-order valence-electron chi connectivity index (χ1n) is 4.18. The van der Waals surface area contributed by atoms with Crippen LogP contribution in [0.2, 0.25) is 0 Å². The first kappa shape index (κ1) is 9.48. The Hall–Kier alpha value is -0.610. The number of nitrogens with two attached hydrogens (primary N) is 1. The maximum absolute atomic E-state index is 11.1. The first-order valence-corrected chi connectivity index (χ1v) is 4.18. The molecular weight excluding hydrogens is 156 g/mol. The molecule has 0 saturated carbocycles. The van der Waals surface area contributed by atoms with Gasteiger partial charge in [0.1, 0.15) is 0 Å². The van der Waals surface area contributed by atoms with Gasteiger partial charge in [0, 0.05) is 6.54 Å². The third-order valence-corrected chi connectivity index (χ3v) is 2.46. The summed E-state index contributed by atoms with van der Waals surface area (Å²) in [7, 11) is 3.39. The largest absolute Gasteiger partial charge is 0.469 e. The number of hydrogen-bond acceptors (Lipinski definition) is 4. The van der Waals surface area contributed by atoms with Gasteiger partial charge in [-0.1, -0.05) is 0 Å². The van der Waals surface area contributed by atoms with Crippen molar-refractivity contribution in [1.29, 1.82) is 0 Å². The highest BCUT2D eigenvalue weighted by Gasteiger charge is 2.28. The van der Waals surface area contributed by atoms with Crippen molar-refractivity contribution in [2.24, 2.45) is 11.7 Å². The fourth-order valence-electron chi connectivity index (χ4n) is 1.50. The minimum atomic E-state index is -0.126. The zero-order valence-corrected chi connectivity index (χ0v) is 7.62. The summed E-state index contributed by atoms with van der Waals surface area (Å²) < 4.78 is 4.66. The SMILES string of the molecule is COC(=O)C1CCN(C)C(N)C1. The molecule has 0 amide bonds.